The molecule has 0 N–H and O–H groups in total. The lowest BCUT2D eigenvalue weighted by Gasteiger charge is -2.58. The predicted molar refractivity (Wildman–Crippen MR) is 149 cm³/mol. The van der Waals surface area contributed by atoms with E-state index in [2.05, 4.69) is 40.7 Å². The number of hydrogen-bond acceptors (Lipinski definition) is 3. The van der Waals surface area contributed by atoms with Crippen molar-refractivity contribution in [2.75, 3.05) is 6.61 Å². The second-order valence-corrected chi connectivity index (χ2v) is 13.9. The molecule has 4 aliphatic rings. The van der Waals surface area contributed by atoms with Crippen LogP contribution in [0.25, 0.3) is 0 Å². The first-order valence-corrected chi connectivity index (χ1v) is 15.8. The number of unbranched alkanes of at least 4 members (excludes halogenated alkanes) is 5. The van der Waals surface area contributed by atoms with Gasteiger partial charge >= 0.3 is 6.16 Å². The van der Waals surface area contributed by atoms with Crippen LogP contribution in [-0.4, -0.2) is 18.9 Å². The molecule has 3 fully saturated rings. The van der Waals surface area contributed by atoms with Gasteiger partial charge in [-0.25, -0.2) is 4.79 Å². The fourth-order valence-electron chi connectivity index (χ4n) is 9.03. The molecule has 0 aromatic heterocycles. The molecule has 0 bridgehead atoms. The lowest BCUT2D eigenvalue weighted by atomic mass is 9.47. The van der Waals surface area contributed by atoms with Crippen molar-refractivity contribution in [1.29, 1.82) is 0 Å². The van der Waals surface area contributed by atoms with Crippen molar-refractivity contribution in [2.45, 2.75) is 143 Å². The first-order chi connectivity index (χ1) is 17.3. The Labute approximate surface area is 222 Å². The van der Waals surface area contributed by atoms with Gasteiger partial charge in [-0.15, -0.1) is 0 Å². The molecule has 0 aliphatic heterocycles. The van der Waals surface area contributed by atoms with Crippen molar-refractivity contribution in [2.24, 2.45) is 40.4 Å². The van der Waals surface area contributed by atoms with Crippen molar-refractivity contribution >= 4 is 6.16 Å². The number of hydrogen-bond donors (Lipinski definition) is 0. The molecular weight excluding hydrogens is 444 g/mol. The van der Waals surface area contributed by atoms with E-state index in [1.807, 2.05) is 0 Å². The van der Waals surface area contributed by atoms with Crippen LogP contribution in [0.2, 0.25) is 0 Å². The van der Waals surface area contributed by atoms with E-state index in [9.17, 15) is 4.79 Å². The van der Waals surface area contributed by atoms with E-state index in [0.717, 1.165) is 49.4 Å². The zero-order chi connectivity index (χ0) is 25.8. The molecule has 206 valence electrons. The van der Waals surface area contributed by atoms with E-state index >= 15 is 0 Å². The number of allylic oxidation sites excluding steroid dienone is 1. The van der Waals surface area contributed by atoms with Gasteiger partial charge < -0.3 is 9.47 Å². The van der Waals surface area contributed by atoms with Crippen LogP contribution < -0.4 is 0 Å². The third kappa shape index (κ3) is 6.01. The van der Waals surface area contributed by atoms with E-state index in [1.165, 1.54) is 77.0 Å². The molecule has 7 unspecified atom stereocenters. The van der Waals surface area contributed by atoms with Crippen LogP contribution in [0.5, 0.6) is 0 Å². The Morgan fingerprint density at radius 2 is 1.78 bits per heavy atom. The summed E-state index contributed by atoms with van der Waals surface area (Å²) in [7, 11) is 0. The highest BCUT2D eigenvalue weighted by Gasteiger charge is 2.58. The van der Waals surface area contributed by atoms with Gasteiger partial charge in [-0.3, -0.25) is 0 Å². The Hall–Kier alpha value is -0.990. The third-order valence-electron chi connectivity index (χ3n) is 11.3. The predicted octanol–water partition coefficient (Wildman–Crippen LogP) is 9.88. The maximum atomic E-state index is 12.2. The van der Waals surface area contributed by atoms with Gasteiger partial charge in [-0.1, -0.05) is 84.8 Å². The van der Waals surface area contributed by atoms with Gasteiger partial charge in [-0.2, -0.15) is 0 Å². The van der Waals surface area contributed by atoms with Crippen molar-refractivity contribution in [3.05, 3.63) is 11.6 Å². The molecule has 0 saturated heterocycles. The molecule has 7 atom stereocenters. The summed E-state index contributed by atoms with van der Waals surface area (Å²) >= 11 is 0. The van der Waals surface area contributed by atoms with Gasteiger partial charge in [0, 0.05) is 6.42 Å². The minimum Gasteiger partial charge on any atom is -0.434 e. The summed E-state index contributed by atoms with van der Waals surface area (Å²) < 4.78 is 11.1. The highest BCUT2D eigenvalue weighted by molar-refractivity contribution is 5.60. The number of carbonyl (C=O) groups excluding carboxylic acids is 1. The summed E-state index contributed by atoms with van der Waals surface area (Å²) in [5, 5.41) is 0. The topological polar surface area (TPSA) is 35.5 Å². The molecule has 4 aliphatic carbocycles. The molecule has 0 radical (unpaired) electrons. The van der Waals surface area contributed by atoms with Gasteiger partial charge in [0.1, 0.15) is 6.10 Å². The summed E-state index contributed by atoms with van der Waals surface area (Å²) in [5.41, 5.74) is 2.47. The van der Waals surface area contributed by atoms with Crippen molar-refractivity contribution in [3.8, 4) is 0 Å². The van der Waals surface area contributed by atoms with Crippen LogP contribution in [0, 0.1) is 40.4 Å². The van der Waals surface area contributed by atoms with Crippen LogP contribution in [-0.2, 0) is 9.47 Å². The van der Waals surface area contributed by atoms with E-state index in [0.29, 0.717) is 23.4 Å². The minimum absolute atomic E-state index is 0.00512. The normalized spacial score (nSPS) is 37.6. The Kier molecular flexibility index (Phi) is 9.54. The monoisotopic (exact) mass is 500 g/mol. The summed E-state index contributed by atoms with van der Waals surface area (Å²) in [6.07, 6.45) is 23.1. The average Bonchev–Trinajstić information content (AvgIpc) is 3.17. The Morgan fingerprint density at radius 1 is 1.00 bits per heavy atom. The number of fused-ring (bicyclic) bond motifs is 5. The van der Waals surface area contributed by atoms with E-state index in [4.69, 9.17) is 9.47 Å². The molecule has 36 heavy (non-hydrogen) atoms. The van der Waals surface area contributed by atoms with Crippen LogP contribution in [0.4, 0.5) is 4.79 Å². The molecule has 0 aromatic rings. The first kappa shape index (κ1) is 28.0. The molecule has 3 nitrogen and oxygen atoms in total. The highest BCUT2D eigenvalue weighted by atomic mass is 16.7. The van der Waals surface area contributed by atoms with Gasteiger partial charge in [0.05, 0.1) is 6.61 Å². The quantitative estimate of drug-likeness (QED) is 0.161. The smallest absolute Gasteiger partial charge is 0.434 e. The van der Waals surface area contributed by atoms with E-state index in [1.54, 1.807) is 5.57 Å². The fraction of sp³-hybridized carbons (Fsp3) is 0.909. The SMILES string of the molecule is CCCCCCCCC1CCC2C3CC=C4CC(OC(=O)OCCC(C)C)CCC4(C)C3CCC12C. The Bertz CT molecular complexity index is 756. The zero-order valence-electron chi connectivity index (χ0n) is 24.3. The van der Waals surface area contributed by atoms with Crippen molar-refractivity contribution < 1.29 is 14.3 Å². The van der Waals surface area contributed by atoms with Crippen LogP contribution >= 0.6 is 0 Å². The molecule has 3 heteroatoms. The summed E-state index contributed by atoms with van der Waals surface area (Å²) in [5.74, 6) is 4.10. The van der Waals surface area contributed by atoms with Gasteiger partial charge in [-0.05, 0) is 98.2 Å². The number of rotatable bonds is 11. The largest absolute Gasteiger partial charge is 0.508 e. The van der Waals surface area contributed by atoms with E-state index < -0.39 is 6.16 Å². The van der Waals surface area contributed by atoms with Crippen molar-refractivity contribution in [3.63, 3.8) is 0 Å². The van der Waals surface area contributed by atoms with Crippen LogP contribution in [0.3, 0.4) is 0 Å². The molecule has 3 saturated carbocycles. The molecular formula is C33H56O3. The van der Waals surface area contributed by atoms with Gasteiger partial charge in [0.25, 0.3) is 0 Å². The molecule has 4 rings (SSSR count). The number of carbonyl (C=O) groups is 1. The minimum atomic E-state index is -0.464. The lowest BCUT2D eigenvalue weighted by Crippen LogP contribution is -2.50. The van der Waals surface area contributed by atoms with Crippen molar-refractivity contribution in [1.82, 2.24) is 0 Å². The van der Waals surface area contributed by atoms with E-state index in [-0.39, 0.29) is 6.10 Å². The molecule has 0 amide bonds. The number of ether oxygens (including phenoxy) is 2. The standard InChI is InChI=1S/C33H56O3/c1-6-7-8-9-10-11-12-25-14-16-29-28-15-13-26-23-27(36-31(34)35-22-19-24(2)3)17-20-33(26,5)30(28)18-21-32(25,29)4/h13,24-25,27-30H,6-12,14-23H2,1-5H3. The average molecular weight is 501 g/mol. The maximum Gasteiger partial charge on any atom is 0.508 e. The van der Waals surface area contributed by atoms with Crippen LogP contribution in [0.15, 0.2) is 11.6 Å². The Morgan fingerprint density at radius 3 is 2.56 bits per heavy atom. The summed E-state index contributed by atoms with van der Waals surface area (Å²) in [4.78, 5) is 12.2. The first-order valence-electron chi connectivity index (χ1n) is 15.8. The lowest BCUT2D eigenvalue weighted by molar-refractivity contribution is -0.0564. The molecule has 0 aromatic carbocycles. The van der Waals surface area contributed by atoms with Crippen LogP contribution in [0.1, 0.15) is 137 Å². The molecule has 0 heterocycles. The maximum absolute atomic E-state index is 12.2. The fourth-order valence-corrected chi connectivity index (χ4v) is 9.03. The van der Waals surface area contributed by atoms with Gasteiger partial charge in [0.2, 0.25) is 0 Å². The Balaban J connectivity index is 1.32. The summed E-state index contributed by atoms with van der Waals surface area (Å²) in [6.45, 7) is 12.3. The second-order valence-electron chi connectivity index (χ2n) is 13.9. The zero-order valence-corrected chi connectivity index (χ0v) is 24.3. The summed E-state index contributed by atoms with van der Waals surface area (Å²) in [6, 6.07) is 0. The van der Waals surface area contributed by atoms with Gasteiger partial charge in [0.15, 0.2) is 0 Å². The molecule has 0 spiro atoms. The third-order valence-corrected chi connectivity index (χ3v) is 11.3. The second kappa shape index (κ2) is 12.2. The highest BCUT2D eigenvalue weighted by Crippen LogP contribution is 2.66.